The minimum Gasteiger partial charge on any atom is -0.481 e. The van der Waals surface area contributed by atoms with Gasteiger partial charge in [-0.05, 0) is 84.7 Å². The number of likely N-dealkylation sites (tertiary alicyclic amines) is 1. The summed E-state index contributed by atoms with van der Waals surface area (Å²) in [5.41, 5.74) is 7.73. The van der Waals surface area contributed by atoms with Crippen molar-refractivity contribution in [1.82, 2.24) is 9.88 Å². The van der Waals surface area contributed by atoms with Crippen LogP contribution in [0, 0.1) is 18.7 Å². The number of fused-ring (bicyclic) bond motifs is 1. The van der Waals surface area contributed by atoms with Crippen molar-refractivity contribution in [2.45, 2.75) is 48.4 Å². The fourth-order valence-electron chi connectivity index (χ4n) is 5.98. The van der Waals surface area contributed by atoms with E-state index >= 15 is 0 Å². The maximum absolute atomic E-state index is 14.5. The van der Waals surface area contributed by atoms with Gasteiger partial charge in [0.05, 0.1) is 22.1 Å². The number of aromatic nitrogens is 1. The van der Waals surface area contributed by atoms with Gasteiger partial charge in [0, 0.05) is 23.8 Å². The molecule has 2 aliphatic rings. The Labute approximate surface area is 248 Å². The molecule has 9 nitrogen and oxygen atoms in total. The van der Waals surface area contributed by atoms with Crippen molar-refractivity contribution in [3.05, 3.63) is 95.4 Å². The molecule has 2 fully saturated rings. The number of anilines is 2. The highest BCUT2D eigenvalue weighted by atomic mass is 32.2. The first kappa shape index (κ1) is 28.6. The maximum atomic E-state index is 14.5. The van der Waals surface area contributed by atoms with Crippen LogP contribution in [-0.2, 0) is 19.4 Å². The third kappa shape index (κ3) is 5.29. The van der Waals surface area contributed by atoms with Crippen LogP contribution >= 0.6 is 0 Å². The number of carbonyl (C=O) groups excluding carboxylic acids is 1. The zero-order chi connectivity index (χ0) is 30.5. The summed E-state index contributed by atoms with van der Waals surface area (Å²) in [5.74, 6) is -2.63. The third-order valence-electron chi connectivity index (χ3n) is 8.37. The number of hydrogen-bond acceptors (Lipinski definition) is 7. The average molecular weight is 603 g/mol. The zero-order valence-corrected chi connectivity index (χ0v) is 24.2. The van der Waals surface area contributed by atoms with Crippen LogP contribution in [0.1, 0.15) is 48.0 Å². The Morgan fingerprint density at radius 1 is 1.07 bits per heavy atom. The minimum absolute atomic E-state index is 0.0660. The third-order valence-corrected chi connectivity index (χ3v) is 10.7. The lowest BCUT2D eigenvalue weighted by Gasteiger charge is -2.32. The van der Waals surface area contributed by atoms with E-state index in [4.69, 9.17) is 5.73 Å². The lowest BCUT2D eigenvalue weighted by atomic mass is 9.93. The quantitative estimate of drug-likeness (QED) is 0.255. The van der Waals surface area contributed by atoms with Gasteiger partial charge in [-0.1, -0.05) is 30.3 Å². The van der Waals surface area contributed by atoms with Crippen molar-refractivity contribution in [1.29, 1.82) is 0 Å². The van der Waals surface area contributed by atoms with Gasteiger partial charge in [0.15, 0.2) is 9.84 Å². The standard InChI is InChI=1S/C32H31FN4O5S/c1-18-16-20(6-11-26(18)33)28(36-21-7-10-23-19(17-21)12-14-35-30(23)34)31(38)37-15-13-25(32(39)40)29(37)24-4-2-3-5-27(24)43(41,42)22-8-9-22/h2-7,10-12,14,16-17,22,25,28-29,36H,8-9,13,15H2,1H3,(H2,34,35)(H,39,40)/t25-,28+,29-/m0/s1. The number of aryl methyl sites for hydroxylation is 1. The van der Waals surface area contributed by atoms with Crippen LogP contribution in [0.25, 0.3) is 10.8 Å². The van der Waals surface area contributed by atoms with Crippen molar-refractivity contribution in [3.8, 4) is 0 Å². The fourth-order valence-corrected chi connectivity index (χ4v) is 7.88. The summed E-state index contributed by atoms with van der Waals surface area (Å²) in [6, 6.07) is 15.9. The summed E-state index contributed by atoms with van der Waals surface area (Å²) in [5, 5.41) is 14.5. The predicted molar refractivity (Wildman–Crippen MR) is 161 cm³/mol. The van der Waals surface area contributed by atoms with E-state index < -0.39 is 50.8 Å². The predicted octanol–water partition coefficient (Wildman–Crippen LogP) is 5.03. The van der Waals surface area contributed by atoms with Gasteiger partial charge in [0.25, 0.3) is 0 Å². The Kier molecular flexibility index (Phi) is 7.29. The van der Waals surface area contributed by atoms with Crippen molar-refractivity contribution in [2.75, 3.05) is 17.6 Å². The number of carboxylic acids is 1. The summed E-state index contributed by atoms with van der Waals surface area (Å²) < 4.78 is 41.1. The summed E-state index contributed by atoms with van der Waals surface area (Å²) in [7, 11) is -3.69. The highest BCUT2D eigenvalue weighted by Gasteiger charge is 2.47. The van der Waals surface area contributed by atoms with Gasteiger partial charge >= 0.3 is 5.97 Å². The minimum atomic E-state index is -3.69. The lowest BCUT2D eigenvalue weighted by Crippen LogP contribution is -2.40. The fraction of sp³-hybridized carbons (Fsp3) is 0.281. The first-order chi connectivity index (χ1) is 20.6. The number of nitrogens with one attached hydrogen (secondary N) is 1. The van der Waals surface area contributed by atoms with Crippen molar-refractivity contribution in [3.63, 3.8) is 0 Å². The van der Waals surface area contributed by atoms with E-state index in [0.717, 1.165) is 10.8 Å². The Morgan fingerprint density at radius 3 is 2.56 bits per heavy atom. The van der Waals surface area contributed by atoms with E-state index in [1.165, 1.54) is 23.1 Å². The summed E-state index contributed by atoms with van der Waals surface area (Å²) in [6.45, 7) is 1.71. The molecule has 1 aliphatic carbocycles. The normalized spacial score (nSPS) is 19.3. The molecule has 3 aromatic carbocycles. The van der Waals surface area contributed by atoms with Gasteiger partial charge in [-0.25, -0.2) is 17.8 Å². The van der Waals surface area contributed by atoms with E-state index in [1.54, 1.807) is 55.6 Å². The Morgan fingerprint density at radius 2 is 1.84 bits per heavy atom. The van der Waals surface area contributed by atoms with E-state index in [0.29, 0.717) is 41.0 Å². The van der Waals surface area contributed by atoms with Crippen molar-refractivity contribution >= 4 is 44.0 Å². The second-order valence-electron chi connectivity index (χ2n) is 11.2. The van der Waals surface area contributed by atoms with Crippen LogP contribution in [0.5, 0.6) is 0 Å². The number of nitrogens with zero attached hydrogens (tertiary/aromatic N) is 2. The largest absolute Gasteiger partial charge is 0.481 e. The Bertz CT molecular complexity index is 1860. The van der Waals surface area contributed by atoms with E-state index in [1.807, 2.05) is 6.07 Å². The smallest absolute Gasteiger partial charge is 0.309 e. The molecule has 11 heteroatoms. The molecule has 0 radical (unpaired) electrons. The van der Waals surface area contributed by atoms with Crippen molar-refractivity contribution < 1.29 is 27.5 Å². The summed E-state index contributed by atoms with van der Waals surface area (Å²) in [6.07, 6.45) is 2.84. The summed E-state index contributed by atoms with van der Waals surface area (Å²) in [4.78, 5) is 32.6. The molecule has 0 unspecified atom stereocenters. The maximum Gasteiger partial charge on any atom is 0.309 e. The number of carbonyl (C=O) groups is 2. The molecule has 1 amide bonds. The van der Waals surface area contributed by atoms with Crippen LogP contribution < -0.4 is 11.1 Å². The van der Waals surface area contributed by atoms with Crippen molar-refractivity contribution in [2.24, 2.45) is 5.92 Å². The molecule has 4 N–H and O–H groups in total. The van der Waals surface area contributed by atoms with Crippen LogP contribution in [-0.4, -0.2) is 47.1 Å². The molecular formula is C32H31FN4O5S. The number of sulfone groups is 1. The molecule has 43 heavy (non-hydrogen) atoms. The van der Waals surface area contributed by atoms with Crippen LogP contribution in [0.2, 0.25) is 0 Å². The SMILES string of the molecule is Cc1cc([C@@H](Nc2ccc3c(N)nccc3c2)C(=O)N2CC[C@H](C(=O)O)[C@@H]2c2ccccc2S(=O)(=O)C2CC2)ccc1F. The molecule has 1 aromatic heterocycles. The van der Waals surface area contributed by atoms with Crippen LogP contribution in [0.15, 0.2) is 77.8 Å². The topological polar surface area (TPSA) is 143 Å². The highest BCUT2D eigenvalue weighted by Crippen LogP contribution is 2.44. The molecule has 0 spiro atoms. The molecule has 2 heterocycles. The van der Waals surface area contributed by atoms with Crippen LogP contribution in [0.3, 0.4) is 0 Å². The number of rotatable bonds is 8. The Balaban J connectivity index is 1.44. The van der Waals surface area contributed by atoms with E-state index in [9.17, 15) is 27.5 Å². The molecule has 6 rings (SSSR count). The van der Waals surface area contributed by atoms with Gasteiger partial charge in [-0.3, -0.25) is 9.59 Å². The number of aliphatic carboxylic acids is 1. The Hall–Kier alpha value is -4.51. The first-order valence-corrected chi connectivity index (χ1v) is 15.6. The number of carboxylic acid groups (broad SMARTS) is 1. The number of nitrogens with two attached hydrogens (primary N) is 1. The van der Waals surface area contributed by atoms with Gasteiger partial charge in [-0.15, -0.1) is 0 Å². The van der Waals surface area contributed by atoms with Gasteiger partial charge in [0.2, 0.25) is 5.91 Å². The van der Waals surface area contributed by atoms with Gasteiger partial charge < -0.3 is 21.1 Å². The van der Waals surface area contributed by atoms with Gasteiger partial charge in [-0.2, -0.15) is 0 Å². The molecule has 1 saturated heterocycles. The molecule has 1 aliphatic heterocycles. The number of benzene rings is 3. The number of halogens is 1. The first-order valence-electron chi connectivity index (χ1n) is 14.1. The molecular weight excluding hydrogens is 571 g/mol. The number of pyridine rings is 1. The second kappa shape index (κ2) is 11.0. The lowest BCUT2D eigenvalue weighted by molar-refractivity contribution is -0.143. The van der Waals surface area contributed by atoms with E-state index in [-0.39, 0.29) is 17.9 Å². The number of amides is 1. The molecule has 222 valence electrons. The second-order valence-corrected chi connectivity index (χ2v) is 13.4. The van der Waals surface area contributed by atoms with E-state index in [2.05, 4.69) is 10.3 Å². The molecule has 1 saturated carbocycles. The molecule has 4 aromatic rings. The molecule has 3 atom stereocenters. The zero-order valence-electron chi connectivity index (χ0n) is 23.4. The average Bonchev–Trinajstić information content (AvgIpc) is 3.76. The van der Waals surface area contributed by atoms with Gasteiger partial charge in [0.1, 0.15) is 17.7 Å². The highest BCUT2D eigenvalue weighted by molar-refractivity contribution is 7.92. The molecule has 0 bridgehead atoms. The summed E-state index contributed by atoms with van der Waals surface area (Å²) >= 11 is 0. The van der Waals surface area contributed by atoms with Crippen LogP contribution in [0.4, 0.5) is 15.9 Å². The number of hydrogen-bond donors (Lipinski definition) is 3. The number of nitrogen functional groups attached to an aromatic ring is 1. The monoisotopic (exact) mass is 602 g/mol.